The van der Waals surface area contributed by atoms with Crippen LogP contribution in [0.4, 0.5) is 5.69 Å². The van der Waals surface area contributed by atoms with Crippen LogP contribution in [0, 0.1) is 6.92 Å². The highest BCUT2D eigenvalue weighted by Crippen LogP contribution is 2.40. The molecule has 2 aromatic rings. The maximum atomic E-state index is 13.3. The molecular weight excluding hydrogens is 470 g/mol. The Labute approximate surface area is 218 Å². The van der Waals surface area contributed by atoms with Crippen LogP contribution in [0.25, 0.3) is 5.76 Å². The summed E-state index contributed by atoms with van der Waals surface area (Å²) in [6.07, 6.45) is 1.66. The smallest absolute Gasteiger partial charge is 0.295 e. The molecule has 1 atom stereocenters. The summed E-state index contributed by atoms with van der Waals surface area (Å²) in [6.45, 7) is 9.76. The van der Waals surface area contributed by atoms with Crippen LogP contribution >= 0.6 is 0 Å². The van der Waals surface area contributed by atoms with E-state index in [1.54, 1.807) is 29.2 Å². The summed E-state index contributed by atoms with van der Waals surface area (Å²) in [4.78, 5) is 32.4. The van der Waals surface area contributed by atoms with Crippen LogP contribution in [-0.2, 0) is 14.3 Å². The van der Waals surface area contributed by atoms with E-state index in [1.165, 1.54) is 0 Å². The number of anilines is 1. The second-order valence-corrected chi connectivity index (χ2v) is 9.51. The number of hydrogen-bond donors (Lipinski definition) is 1. The number of aryl methyl sites for hydroxylation is 1. The summed E-state index contributed by atoms with van der Waals surface area (Å²) in [7, 11) is 3.91. The lowest BCUT2D eigenvalue weighted by molar-refractivity contribution is -0.140. The first-order chi connectivity index (χ1) is 17.8. The summed E-state index contributed by atoms with van der Waals surface area (Å²) >= 11 is 0. The Kier molecular flexibility index (Phi) is 8.31. The molecular formula is C29H35N3O5. The van der Waals surface area contributed by atoms with Gasteiger partial charge >= 0.3 is 0 Å². The van der Waals surface area contributed by atoms with Crippen LogP contribution in [0.3, 0.4) is 0 Å². The minimum atomic E-state index is -0.686. The molecule has 0 aliphatic carbocycles. The Balaban J connectivity index is 1.73. The standard InChI is InChI=1S/C29H35N3O5/c1-5-16-37-24-11-8-22(19-20(24)2)27(33)25-26(21-6-9-23(10-7-21)30(3)4)32(29(35)28(25)34)13-12-31-14-17-36-18-15-31/h5-11,19,26,33H,1,12-18H2,2-4H3/t26-/m1/s1. The lowest BCUT2D eigenvalue weighted by Crippen LogP contribution is -2.42. The van der Waals surface area contributed by atoms with Crippen LogP contribution < -0.4 is 9.64 Å². The number of amides is 1. The number of aliphatic hydroxyl groups excluding tert-OH is 1. The summed E-state index contributed by atoms with van der Waals surface area (Å²) in [6, 6.07) is 12.3. The van der Waals surface area contributed by atoms with Gasteiger partial charge in [-0.15, -0.1) is 0 Å². The normalized spacial score (nSPS) is 19.8. The Hall–Kier alpha value is -3.62. The summed E-state index contributed by atoms with van der Waals surface area (Å²) in [5, 5.41) is 11.4. The third-order valence-electron chi connectivity index (χ3n) is 6.83. The molecule has 0 radical (unpaired) electrons. The van der Waals surface area contributed by atoms with Crippen molar-refractivity contribution in [2.24, 2.45) is 0 Å². The molecule has 1 amide bonds. The van der Waals surface area contributed by atoms with Gasteiger partial charge in [0, 0.05) is 51.5 Å². The molecule has 2 aliphatic rings. The van der Waals surface area contributed by atoms with E-state index in [4.69, 9.17) is 9.47 Å². The number of carbonyl (C=O) groups is 2. The number of morpholine rings is 1. The quantitative estimate of drug-likeness (QED) is 0.242. The molecule has 2 aliphatic heterocycles. The van der Waals surface area contributed by atoms with Crippen molar-refractivity contribution in [3.8, 4) is 5.75 Å². The number of nitrogens with zero attached hydrogens (tertiary/aromatic N) is 3. The van der Waals surface area contributed by atoms with Gasteiger partial charge in [-0.3, -0.25) is 14.5 Å². The first-order valence-corrected chi connectivity index (χ1v) is 12.5. The molecule has 4 rings (SSSR count). The molecule has 0 saturated carbocycles. The monoisotopic (exact) mass is 505 g/mol. The molecule has 2 heterocycles. The molecule has 8 heteroatoms. The third-order valence-corrected chi connectivity index (χ3v) is 6.83. The van der Waals surface area contributed by atoms with Crippen LogP contribution in [0.2, 0.25) is 0 Å². The van der Waals surface area contributed by atoms with Crippen molar-refractivity contribution in [1.82, 2.24) is 9.80 Å². The third kappa shape index (κ3) is 5.70. The predicted octanol–water partition coefficient (Wildman–Crippen LogP) is 3.38. The van der Waals surface area contributed by atoms with E-state index in [1.807, 2.05) is 50.2 Å². The molecule has 8 nitrogen and oxygen atoms in total. The average molecular weight is 506 g/mol. The second kappa shape index (κ2) is 11.6. The zero-order valence-electron chi connectivity index (χ0n) is 21.8. The molecule has 2 fully saturated rings. The van der Waals surface area contributed by atoms with Crippen molar-refractivity contribution in [2.75, 3.05) is 65.0 Å². The van der Waals surface area contributed by atoms with Crippen molar-refractivity contribution in [3.05, 3.63) is 77.4 Å². The van der Waals surface area contributed by atoms with Crippen LogP contribution in [0.1, 0.15) is 22.7 Å². The molecule has 2 aromatic carbocycles. The summed E-state index contributed by atoms with van der Waals surface area (Å²) < 4.78 is 11.1. The first kappa shape index (κ1) is 26.4. The van der Waals surface area contributed by atoms with Crippen LogP contribution in [0.15, 0.2) is 60.7 Å². The van der Waals surface area contributed by atoms with Gasteiger partial charge in [-0.25, -0.2) is 0 Å². The number of hydrogen-bond acceptors (Lipinski definition) is 7. The number of likely N-dealkylation sites (tertiary alicyclic amines) is 1. The zero-order valence-corrected chi connectivity index (χ0v) is 21.8. The average Bonchev–Trinajstić information content (AvgIpc) is 3.16. The number of carbonyl (C=O) groups excluding carboxylic acids is 2. The van der Waals surface area contributed by atoms with Crippen LogP contribution in [-0.4, -0.2) is 86.7 Å². The Bertz CT molecular complexity index is 1180. The first-order valence-electron chi connectivity index (χ1n) is 12.5. The molecule has 0 aromatic heterocycles. The Morgan fingerprint density at radius 2 is 1.84 bits per heavy atom. The van der Waals surface area contributed by atoms with Gasteiger partial charge in [-0.2, -0.15) is 0 Å². The van der Waals surface area contributed by atoms with Crippen molar-refractivity contribution < 1.29 is 24.2 Å². The van der Waals surface area contributed by atoms with Crippen molar-refractivity contribution in [1.29, 1.82) is 0 Å². The fourth-order valence-electron chi connectivity index (χ4n) is 4.75. The van der Waals surface area contributed by atoms with Gasteiger partial charge in [0.2, 0.25) is 0 Å². The molecule has 2 saturated heterocycles. The lowest BCUT2D eigenvalue weighted by Gasteiger charge is -2.31. The predicted molar refractivity (Wildman–Crippen MR) is 144 cm³/mol. The molecule has 37 heavy (non-hydrogen) atoms. The highest BCUT2D eigenvalue weighted by molar-refractivity contribution is 6.46. The number of Topliss-reactive ketones (excluding diaryl/α,β-unsaturated/α-hetero) is 1. The summed E-state index contributed by atoms with van der Waals surface area (Å²) in [5.41, 5.74) is 3.14. The van der Waals surface area contributed by atoms with Gasteiger partial charge in [0.05, 0.1) is 24.8 Å². The molecule has 0 spiro atoms. The van der Waals surface area contributed by atoms with E-state index >= 15 is 0 Å². The number of benzene rings is 2. The maximum Gasteiger partial charge on any atom is 0.295 e. The van der Waals surface area contributed by atoms with Crippen molar-refractivity contribution in [3.63, 3.8) is 0 Å². The zero-order chi connectivity index (χ0) is 26.5. The van der Waals surface area contributed by atoms with Gasteiger partial charge < -0.3 is 24.4 Å². The number of rotatable bonds is 9. The van der Waals surface area contributed by atoms with Crippen LogP contribution in [0.5, 0.6) is 5.75 Å². The number of ether oxygens (including phenoxy) is 2. The van der Waals surface area contributed by atoms with Gasteiger partial charge in [0.25, 0.3) is 11.7 Å². The van der Waals surface area contributed by atoms with Gasteiger partial charge in [-0.05, 0) is 48.4 Å². The maximum absolute atomic E-state index is 13.3. The minimum Gasteiger partial charge on any atom is -0.507 e. The Morgan fingerprint density at radius 3 is 2.46 bits per heavy atom. The molecule has 196 valence electrons. The fourth-order valence-corrected chi connectivity index (χ4v) is 4.75. The Morgan fingerprint density at radius 1 is 1.14 bits per heavy atom. The molecule has 1 N–H and O–H groups in total. The molecule has 0 bridgehead atoms. The van der Waals surface area contributed by atoms with Gasteiger partial charge in [-0.1, -0.05) is 24.8 Å². The van der Waals surface area contributed by atoms with E-state index in [2.05, 4.69) is 11.5 Å². The second-order valence-electron chi connectivity index (χ2n) is 9.51. The SMILES string of the molecule is C=CCOc1ccc(C(O)=C2C(=O)C(=O)N(CCN3CCOCC3)[C@@H]2c2ccc(N(C)C)cc2)cc1C. The van der Waals surface area contributed by atoms with E-state index < -0.39 is 17.7 Å². The van der Waals surface area contributed by atoms with Gasteiger partial charge in [0.1, 0.15) is 18.1 Å². The summed E-state index contributed by atoms with van der Waals surface area (Å²) in [5.74, 6) is -0.796. The van der Waals surface area contributed by atoms with E-state index in [-0.39, 0.29) is 11.3 Å². The minimum absolute atomic E-state index is 0.101. The molecule has 0 unspecified atom stereocenters. The number of aliphatic hydroxyl groups is 1. The van der Waals surface area contributed by atoms with E-state index in [0.29, 0.717) is 44.2 Å². The van der Waals surface area contributed by atoms with E-state index in [0.717, 1.165) is 29.9 Å². The van der Waals surface area contributed by atoms with Gasteiger partial charge in [0.15, 0.2) is 0 Å². The highest BCUT2D eigenvalue weighted by Gasteiger charge is 2.46. The topological polar surface area (TPSA) is 82.5 Å². The fraction of sp³-hybridized carbons (Fsp3) is 0.379. The van der Waals surface area contributed by atoms with Crippen molar-refractivity contribution in [2.45, 2.75) is 13.0 Å². The highest BCUT2D eigenvalue weighted by atomic mass is 16.5. The lowest BCUT2D eigenvalue weighted by atomic mass is 9.94. The van der Waals surface area contributed by atoms with Crippen molar-refractivity contribution >= 4 is 23.1 Å². The number of ketones is 1. The largest absolute Gasteiger partial charge is 0.507 e. The van der Waals surface area contributed by atoms with E-state index in [9.17, 15) is 14.7 Å².